The van der Waals surface area contributed by atoms with Gasteiger partial charge in [-0.2, -0.15) is 14.6 Å². The van der Waals surface area contributed by atoms with Crippen LogP contribution in [0.5, 0.6) is 0 Å². The second-order valence-electron chi connectivity index (χ2n) is 9.87. The monoisotopic (exact) mass is 551 g/mol. The van der Waals surface area contributed by atoms with Gasteiger partial charge in [-0.15, -0.1) is 5.10 Å². The number of rotatable bonds is 4. The van der Waals surface area contributed by atoms with Crippen LogP contribution in [0, 0.1) is 6.92 Å². The van der Waals surface area contributed by atoms with Crippen molar-refractivity contribution in [3.05, 3.63) is 129 Å². The number of fused-ring (bicyclic) bond motifs is 3. The standard InChI is InChI=1S/C33H21N5O2S/c1-20-26-13-7-8-14-27(26)40-30(20)31-34-33-38(36-31)32(39)28(41-33)18-24-19-37(25-11-3-2-4-12-25)35-29(24)23-16-15-21-9-5-6-10-22(21)17-23/h2-19H,1H3/b28-18-. The van der Waals surface area contributed by atoms with Crippen molar-refractivity contribution in [2.24, 2.45) is 0 Å². The number of benzene rings is 4. The van der Waals surface area contributed by atoms with Crippen LogP contribution < -0.4 is 10.1 Å². The Morgan fingerprint density at radius 2 is 1.63 bits per heavy atom. The second kappa shape index (κ2) is 9.11. The molecule has 8 rings (SSSR count). The molecule has 0 amide bonds. The van der Waals surface area contributed by atoms with Crippen molar-refractivity contribution in [2.75, 3.05) is 0 Å². The Labute approximate surface area is 237 Å². The summed E-state index contributed by atoms with van der Waals surface area (Å²) < 4.78 is 9.77. The largest absolute Gasteiger partial charge is 0.452 e. The fraction of sp³-hybridized carbons (Fsp3) is 0.0303. The van der Waals surface area contributed by atoms with E-state index in [1.165, 1.54) is 15.9 Å². The zero-order valence-electron chi connectivity index (χ0n) is 21.9. The topological polar surface area (TPSA) is 78.2 Å². The summed E-state index contributed by atoms with van der Waals surface area (Å²) in [5.74, 6) is 0.983. The van der Waals surface area contributed by atoms with Gasteiger partial charge in [-0.25, -0.2) is 4.68 Å². The number of hydrogen-bond acceptors (Lipinski definition) is 6. The van der Waals surface area contributed by atoms with E-state index >= 15 is 0 Å². The first kappa shape index (κ1) is 23.5. The molecule has 0 N–H and O–H groups in total. The van der Waals surface area contributed by atoms with E-state index in [1.54, 1.807) is 0 Å². The fourth-order valence-corrected chi connectivity index (χ4v) is 6.12. The molecule has 196 valence electrons. The summed E-state index contributed by atoms with van der Waals surface area (Å²) >= 11 is 1.30. The van der Waals surface area contributed by atoms with Crippen molar-refractivity contribution in [3.8, 4) is 28.5 Å². The van der Waals surface area contributed by atoms with Crippen LogP contribution in [0.15, 0.2) is 112 Å². The molecule has 0 aliphatic heterocycles. The van der Waals surface area contributed by atoms with Crippen molar-refractivity contribution < 1.29 is 4.42 Å². The maximum absolute atomic E-state index is 13.5. The maximum atomic E-state index is 13.5. The van der Waals surface area contributed by atoms with Crippen molar-refractivity contribution in [2.45, 2.75) is 6.92 Å². The number of nitrogens with zero attached hydrogens (tertiary/aromatic N) is 5. The minimum Gasteiger partial charge on any atom is -0.452 e. The van der Waals surface area contributed by atoms with Gasteiger partial charge in [-0.1, -0.05) is 84.1 Å². The Morgan fingerprint density at radius 3 is 2.46 bits per heavy atom. The maximum Gasteiger partial charge on any atom is 0.291 e. The van der Waals surface area contributed by atoms with E-state index in [9.17, 15) is 4.79 Å². The summed E-state index contributed by atoms with van der Waals surface area (Å²) in [6.07, 6.45) is 3.84. The lowest BCUT2D eigenvalue weighted by Gasteiger charge is -2.03. The van der Waals surface area contributed by atoms with Crippen molar-refractivity contribution in [1.82, 2.24) is 24.4 Å². The first-order valence-corrected chi connectivity index (χ1v) is 14.0. The van der Waals surface area contributed by atoms with E-state index in [1.807, 2.05) is 90.6 Å². The third-order valence-electron chi connectivity index (χ3n) is 7.30. The highest BCUT2D eigenvalue weighted by Gasteiger charge is 2.19. The van der Waals surface area contributed by atoms with Gasteiger partial charge in [0.1, 0.15) is 11.3 Å². The van der Waals surface area contributed by atoms with Crippen molar-refractivity contribution in [1.29, 1.82) is 0 Å². The van der Waals surface area contributed by atoms with E-state index in [0.29, 0.717) is 21.1 Å². The van der Waals surface area contributed by atoms with Crippen molar-refractivity contribution >= 4 is 44.1 Å². The van der Waals surface area contributed by atoms with E-state index < -0.39 is 0 Å². The molecular weight excluding hydrogens is 530 g/mol. The van der Waals surface area contributed by atoms with Gasteiger partial charge in [0, 0.05) is 28.3 Å². The average molecular weight is 552 g/mol. The lowest BCUT2D eigenvalue weighted by atomic mass is 10.0. The van der Waals surface area contributed by atoms with Gasteiger partial charge in [-0.05, 0) is 48.0 Å². The third kappa shape index (κ3) is 3.88. The zero-order chi connectivity index (χ0) is 27.5. The van der Waals surface area contributed by atoms with Crippen LogP contribution in [-0.2, 0) is 0 Å². The van der Waals surface area contributed by atoms with Gasteiger partial charge >= 0.3 is 0 Å². The van der Waals surface area contributed by atoms with E-state index in [2.05, 4.69) is 40.4 Å². The molecule has 0 spiro atoms. The molecule has 0 radical (unpaired) electrons. The molecule has 0 aliphatic rings. The van der Waals surface area contributed by atoms with Gasteiger partial charge in [0.25, 0.3) is 5.56 Å². The minimum atomic E-state index is -0.227. The molecule has 0 saturated carbocycles. The number of hydrogen-bond donors (Lipinski definition) is 0. The van der Waals surface area contributed by atoms with Crippen LogP contribution in [0.4, 0.5) is 0 Å². The molecule has 0 unspecified atom stereocenters. The molecule has 41 heavy (non-hydrogen) atoms. The van der Waals surface area contributed by atoms with Gasteiger partial charge in [-0.3, -0.25) is 4.79 Å². The third-order valence-corrected chi connectivity index (χ3v) is 8.26. The van der Waals surface area contributed by atoms with Crippen molar-refractivity contribution in [3.63, 3.8) is 0 Å². The SMILES string of the molecule is Cc1c(-c2nc3s/c(=C\c4cn(-c5ccccc5)nc4-c4ccc5ccccc5c4)c(=O)n3n2)oc2ccccc12. The highest BCUT2D eigenvalue weighted by atomic mass is 32.1. The second-order valence-corrected chi connectivity index (χ2v) is 10.9. The highest BCUT2D eigenvalue weighted by molar-refractivity contribution is 7.15. The average Bonchev–Trinajstić information content (AvgIpc) is 3.77. The molecule has 0 atom stereocenters. The lowest BCUT2D eigenvalue weighted by Crippen LogP contribution is -2.23. The molecule has 7 nitrogen and oxygen atoms in total. The van der Waals surface area contributed by atoms with Crippen LogP contribution in [0.2, 0.25) is 0 Å². The molecule has 0 aliphatic carbocycles. The quantitative estimate of drug-likeness (QED) is 0.252. The van der Waals surface area contributed by atoms with Gasteiger partial charge in [0.15, 0.2) is 5.76 Å². The smallest absolute Gasteiger partial charge is 0.291 e. The van der Waals surface area contributed by atoms with Crippen LogP contribution in [0.25, 0.3) is 61.3 Å². The first-order chi connectivity index (χ1) is 20.1. The summed E-state index contributed by atoms with van der Waals surface area (Å²) in [5.41, 5.74) is 5.02. The Morgan fingerprint density at radius 1 is 0.854 bits per heavy atom. The number of para-hydroxylation sites is 2. The summed E-state index contributed by atoms with van der Waals surface area (Å²) in [5, 5.41) is 12.8. The van der Waals surface area contributed by atoms with E-state index in [-0.39, 0.29) is 5.56 Å². The Kier molecular flexibility index (Phi) is 5.23. The molecular formula is C33H21N5O2S. The molecule has 8 heteroatoms. The van der Waals surface area contributed by atoms with Gasteiger partial charge in [0.2, 0.25) is 10.8 Å². The number of aryl methyl sites for hydroxylation is 1. The normalized spacial score (nSPS) is 12.3. The Hall–Kier alpha value is -5.34. The van der Waals surface area contributed by atoms with E-state index in [0.717, 1.165) is 49.8 Å². The molecule has 0 fully saturated rings. The number of aromatic nitrogens is 5. The highest BCUT2D eigenvalue weighted by Crippen LogP contribution is 2.31. The number of furan rings is 1. The zero-order valence-corrected chi connectivity index (χ0v) is 22.7. The first-order valence-electron chi connectivity index (χ1n) is 13.2. The van der Waals surface area contributed by atoms with Crippen LogP contribution in [0.1, 0.15) is 11.1 Å². The summed E-state index contributed by atoms with van der Waals surface area (Å²) in [6, 6.07) is 32.3. The van der Waals surface area contributed by atoms with Crippen LogP contribution in [0.3, 0.4) is 0 Å². The van der Waals surface area contributed by atoms with Crippen LogP contribution in [-0.4, -0.2) is 24.4 Å². The molecule has 8 aromatic rings. The molecule has 4 aromatic carbocycles. The van der Waals surface area contributed by atoms with Gasteiger partial charge in [0.05, 0.1) is 10.2 Å². The minimum absolute atomic E-state index is 0.227. The summed E-state index contributed by atoms with van der Waals surface area (Å²) in [7, 11) is 0. The number of thiazole rings is 1. The van der Waals surface area contributed by atoms with Crippen LogP contribution >= 0.6 is 11.3 Å². The molecule has 4 aromatic heterocycles. The Balaban J connectivity index is 1.27. The molecule has 4 heterocycles. The molecule has 0 saturated heterocycles. The molecule has 0 bridgehead atoms. The Bertz CT molecular complexity index is 2360. The predicted molar refractivity (Wildman–Crippen MR) is 162 cm³/mol. The predicted octanol–water partition coefficient (Wildman–Crippen LogP) is 6.43. The lowest BCUT2D eigenvalue weighted by molar-refractivity contribution is 0.622. The summed E-state index contributed by atoms with van der Waals surface area (Å²) in [6.45, 7) is 1.98. The van der Waals surface area contributed by atoms with Gasteiger partial charge < -0.3 is 4.42 Å². The van der Waals surface area contributed by atoms with E-state index in [4.69, 9.17) is 9.52 Å². The summed E-state index contributed by atoms with van der Waals surface area (Å²) in [4.78, 5) is 18.7. The fourth-order valence-electron chi connectivity index (χ4n) is 5.23.